The molecule has 316 valence electrons. The minimum absolute atomic E-state index is 0.0243. The van der Waals surface area contributed by atoms with Crippen molar-refractivity contribution in [2.75, 3.05) is 13.4 Å². The molecule has 14 nitrogen and oxygen atoms in total. The van der Waals surface area contributed by atoms with Crippen molar-refractivity contribution in [3.63, 3.8) is 0 Å². The molecule has 60 heavy (non-hydrogen) atoms. The number of carbonyl (C=O) groups excluding carboxylic acids is 2. The molecule has 2 aromatic heterocycles. The lowest BCUT2D eigenvalue weighted by molar-refractivity contribution is -0.247. The number of amides is 1. The smallest absolute Gasteiger partial charge is 0.408 e. The number of fused-ring (bicyclic) bond motifs is 5. The number of ether oxygens (including phenoxy) is 5. The van der Waals surface area contributed by atoms with Crippen LogP contribution in [0.3, 0.4) is 0 Å². The zero-order valence-electron chi connectivity index (χ0n) is 34.9. The van der Waals surface area contributed by atoms with Crippen molar-refractivity contribution in [2.45, 2.75) is 101 Å². The highest BCUT2D eigenvalue weighted by atomic mass is 28.3. The monoisotopic (exact) mass is 837 g/mol. The van der Waals surface area contributed by atoms with Gasteiger partial charge < -0.3 is 48.3 Å². The summed E-state index contributed by atoms with van der Waals surface area (Å²) < 4.78 is 42.9. The summed E-state index contributed by atoms with van der Waals surface area (Å²) in [5.74, 6) is -1.96. The van der Waals surface area contributed by atoms with Crippen LogP contribution in [0.1, 0.15) is 84.2 Å². The fourth-order valence-electron chi connectivity index (χ4n) is 8.46. The zero-order chi connectivity index (χ0) is 42.7. The van der Waals surface area contributed by atoms with Crippen LogP contribution in [0.15, 0.2) is 87.9 Å². The van der Waals surface area contributed by atoms with Gasteiger partial charge in [-0.25, -0.2) is 4.79 Å². The van der Waals surface area contributed by atoms with Gasteiger partial charge in [-0.2, -0.15) is 0 Å². The molecule has 1 amide bonds. The molecule has 5 atom stereocenters. The maximum absolute atomic E-state index is 15.1. The number of alkyl carbamates (subject to hydrolysis) is 1. The number of hydrogen-bond donors (Lipinski definition) is 3. The molecule has 0 aliphatic heterocycles. The highest BCUT2D eigenvalue weighted by Gasteiger charge is 2.71. The molecule has 0 fully saturated rings. The lowest BCUT2D eigenvalue weighted by Gasteiger charge is -2.55. The molecule has 0 saturated heterocycles. The normalized spacial score (nSPS) is 24.1. The predicted molar refractivity (Wildman–Crippen MR) is 220 cm³/mol. The highest BCUT2D eigenvalue weighted by molar-refractivity contribution is 6.76. The van der Waals surface area contributed by atoms with Crippen LogP contribution in [0.25, 0.3) is 11.3 Å². The SMILES string of the molecule is CC(C)(C)OC(=O)N[C@@H]1c2onc(OCc3ccccc3)c2C(=O)[C@]2(O)c3noc4c3[C@](O)(C[C@@H]12)[C@](C)(OCOCC[Si](C)(C)C)c1cccc(OCc2ccccc2)c1-4. The summed E-state index contributed by atoms with van der Waals surface area (Å²) in [5.41, 5.74) is -4.87. The number of rotatable bonds is 13. The second kappa shape index (κ2) is 15.3. The Morgan fingerprint density at radius 1 is 0.900 bits per heavy atom. The maximum Gasteiger partial charge on any atom is 0.408 e. The van der Waals surface area contributed by atoms with Crippen molar-refractivity contribution < 1.29 is 52.5 Å². The van der Waals surface area contributed by atoms with E-state index in [0.29, 0.717) is 23.5 Å². The Labute approximate surface area is 349 Å². The van der Waals surface area contributed by atoms with Gasteiger partial charge in [0, 0.05) is 26.2 Å². The number of aliphatic hydroxyl groups is 2. The molecule has 0 unspecified atom stereocenters. The summed E-state index contributed by atoms with van der Waals surface area (Å²) in [7, 11) is -1.46. The van der Waals surface area contributed by atoms with Gasteiger partial charge in [-0.3, -0.25) is 4.79 Å². The number of benzene rings is 3. The second-order valence-electron chi connectivity index (χ2n) is 18.1. The molecule has 0 radical (unpaired) electrons. The molecule has 0 spiro atoms. The van der Waals surface area contributed by atoms with Crippen LogP contribution in [-0.2, 0) is 44.2 Å². The molecule has 2 heterocycles. The largest absolute Gasteiger partial charge is 0.488 e. The Bertz CT molecular complexity index is 2390. The molecule has 0 saturated carbocycles. The number of nitrogens with one attached hydrogen (secondary N) is 1. The van der Waals surface area contributed by atoms with Crippen LogP contribution in [0.5, 0.6) is 11.6 Å². The Kier molecular flexibility index (Phi) is 10.6. The lowest BCUT2D eigenvalue weighted by Crippen LogP contribution is -2.63. The number of hydrogen-bond acceptors (Lipinski definition) is 13. The lowest BCUT2D eigenvalue weighted by atomic mass is 9.54. The number of ketones is 1. The minimum Gasteiger partial charge on any atom is -0.488 e. The van der Waals surface area contributed by atoms with Crippen LogP contribution in [-0.4, -0.2) is 59.5 Å². The quantitative estimate of drug-likeness (QED) is 0.0591. The summed E-state index contributed by atoms with van der Waals surface area (Å²) in [6.45, 7) is 14.1. The van der Waals surface area contributed by atoms with Crippen LogP contribution in [0, 0.1) is 5.92 Å². The van der Waals surface area contributed by atoms with Gasteiger partial charge in [0.1, 0.15) is 59.9 Å². The van der Waals surface area contributed by atoms with Crippen molar-refractivity contribution in [3.05, 3.63) is 118 Å². The number of nitrogens with zero attached hydrogens (tertiary/aromatic N) is 2. The van der Waals surface area contributed by atoms with Crippen LogP contribution in [0.4, 0.5) is 4.79 Å². The molecule has 3 N–H and O–H groups in total. The van der Waals surface area contributed by atoms with Gasteiger partial charge in [0.2, 0.25) is 5.78 Å². The maximum atomic E-state index is 15.1. The summed E-state index contributed by atoms with van der Waals surface area (Å²) in [4.78, 5) is 28.7. The molecule has 5 aromatic rings. The third-order valence-corrected chi connectivity index (χ3v) is 13.3. The third kappa shape index (κ3) is 7.21. The van der Waals surface area contributed by atoms with Gasteiger partial charge in [-0.1, -0.05) is 97.6 Å². The summed E-state index contributed by atoms with van der Waals surface area (Å²) in [6.07, 6.45) is -1.22. The number of carbonyl (C=O) groups is 2. The van der Waals surface area contributed by atoms with Crippen LogP contribution >= 0.6 is 0 Å². The van der Waals surface area contributed by atoms with Gasteiger partial charge in [0.05, 0.1) is 11.1 Å². The van der Waals surface area contributed by atoms with Crippen molar-refractivity contribution in [1.82, 2.24) is 15.6 Å². The Morgan fingerprint density at radius 2 is 1.57 bits per heavy atom. The molecular formula is C45H51N3O11Si. The van der Waals surface area contributed by atoms with Gasteiger partial charge in [-0.05, 0) is 62.5 Å². The molecule has 3 aromatic carbocycles. The van der Waals surface area contributed by atoms with E-state index in [-0.39, 0.29) is 60.6 Å². The van der Waals surface area contributed by atoms with Crippen molar-refractivity contribution in [1.29, 1.82) is 0 Å². The average Bonchev–Trinajstić information content (AvgIpc) is 3.85. The summed E-state index contributed by atoms with van der Waals surface area (Å²) in [5, 5.41) is 38.0. The van der Waals surface area contributed by atoms with Crippen molar-refractivity contribution in [3.8, 4) is 23.0 Å². The first kappa shape index (κ1) is 41.4. The summed E-state index contributed by atoms with van der Waals surface area (Å²) in [6, 6.07) is 23.9. The van der Waals surface area contributed by atoms with Crippen LogP contribution in [0.2, 0.25) is 25.7 Å². The first-order chi connectivity index (χ1) is 28.4. The summed E-state index contributed by atoms with van der Waals surface area (Å²) >= 11 is 0. The van der Waals surface area contributed by atoms with Gasteiger partial charge in [0.15, 0.2) is 17.1 Å². The van der Waals surface area contributed by atoms with E-state index in [9.17, 15) is 15.0 Å². The Hall–Kier alpha value is -5.32. The standard InChI is InChI=1S/C45H51N3O11Si/c1-42(2,3)57-41(50)46-35-30-23-44(51)34-36(58-47-38(34)45(30,52)39(49)33-37(35)59-48-40(33)55-25-28-17-12-9-13-18-28)32-29(43(44,4)56-26-53-21-22-60(5,6)7)19-14-20-31(32)54-24-27-15-10-8-11-16-27/h8-20,30,35,51-52H,21-26H2,1-7H3,(H,46,50)/t30-,35-,43+,44+,45+/m0/s1. The van der Waals surface area contributed by atoms with Crippen LogP contribution < -0.4 is 14.8 Å². The number of aromatic nitrogens is 2. The molecule has 8 rings (SSSR count). The number of Topliss-reactive ketones (excluding diaryl/α,β-unsaturated/α-hetero) is 1. The first-order valence-electron chi connectivity index (χ1n) is 20.1. The Balaban J connectivity index is 1.27. The van der Waals surface area contributed by atoms with Gasteiger partial charge >= 0.3 is 6.09 Å². The van der Waals surface area contributed by atoms with E-state index in [1.165, 1.54) is 0 Å². The molecular weight excluding hydrogens is 787 g/mol. The van der Waals surface area contributed by atoms with Crippen molar-refractivity contribution >= 4 is 20.0 Å². The average molecular weight is 838 g/mol. The van der Waals surface area contributed by atoms with E-state index < -0.39 is 54.3 Å². The molecule has 0 bridgehead atoms. The highest BCUT2D eigenvalue weighted by Crippen LogP contribution is 2.66. The van der Waals surface area contributed by atoms with E-state index >= 15 is 4.79 Å². The molecule has 15 heteroatoms. The minimum atomic E-state index is -2.52. The van der Waals surface area contributed by atoms with Gasteiger partial charge in [0.25, 0.3) is 5.88 Å². The first-order valence-corrected chi connectivity index (χ1v) is 23.8. The predicted octanol–water partition coefficient (Wildman–Crippen LogP) is 7.90. The topological polar surface area (TPSA) is 185 Å². The molecule has 3 aliphatic carbocycles. The zero-order valence-corrected chi connectivity index (χ0v) is 35.9. The van der Waals surface area contributed by atoms with E-state index in [1.807, 2.05) is 66.7 Å². The van der Waals surface area contributed by atoms with Gasteiger partial charge in [-0.15, -0.1) is 0 Å². The van der Waals surface area contributed by atoms with E-state index in [4.69, 9.17) is 32.7 Å². The fourth-order valence-corrected chi connectivity index (χ4v) is 9.22. The van der Waals surface area contributed by atoms with E-state index in [0.717, 1.165) is 17.2 Å². The Morgan fingerprint density at radius 3 is 2.22 bits per heavy atom. The van der Waals surface area contributed by atoms with E-state index in [2.05, 4.69) is 35.3 Å². The van der Waals surface area contributed by atoms with Crippen molar-refractivity contribution in [2.24, 2.45) is 5.92 Å². The van der Waals surface area contributed by atoms with E-state index in [1.54, 1.807) is 39.8 Å². The fraction of sp³-hybridized carbons (Fsp3) is 0.422. The molecule has 3 aliphatic rings. The second-order valence-corrected chi connectivity index (χ2v) is 23.7. The third-order valence-electron chi connectivity index (χ3n) is 11.6.